The van der Waals surface area contributed by atoms with Gasteiger partial charge in [0, 0.05) is 13.1 Å². The largest absolute Gasteiger partial charge is 0.506 e. The van der Waals surface area contributed by atoms with Crippen molar-refractivity contribution >= 4 is 6.09 Å². The van der Waals surface area contributed by atoms with Gasteiger partial charge < -0.3 is 15.2 Å². The molecule has 0 spiro atoms. The Bertz CT molecular complexity index is 933. The summed E-state index contributed by atoms with van der Waals surface area (Å²) < 4.78 is 7.26. The normalized spacial score (nSPS) is 11.4. The molecule has 0 bridgehead atoms. The molecule has 2 rings (SSSR count). The lowest BCUT2D eigenvalue weighted by Crippen LogP contribution is -2.33. The van der Waals surface area contributed by atoms with Gasteiger partial charge in [-0.2, -0.15) is 4.68 Å². The van der Waals surface area contributed by atoms with Crippen LogP contribution < -0.4 is 16.7 Å². The number of nitrogens with zero attached hydrogens (tertiary/aromatic N) is 2. The summed E-state index contributed by atoms with van der Waals surface area (Å²) in [5.41, 5.74) is -0.484. The summed E-state index contributed by atoms with van der Waals surface area (Å²) in [6.07, 6.45) is 1.33. The van der Waals surface area contributed by atoms with Crippen molar-refractivity contribution in [1.82, 2.24) is 19.7 Å². The molecule has 1 aromatic heterocycles. The lowest BCUT2D eigenvalue weighted by molar-refractivity contribution is 0.0527. The van der Waals surface area contributed by atoms with E-state index in [1.54, 1.807) is 32.9 Å². The Morgan fingerprint density at radius 1 is 1.25 bits per heavy atom. The van der Waals surface area contributed by atoms with Gasteiger partial charge in [0.2, 0.25) is 0 Å². The zero-order valence-corrected chi connectivity index (χ0v) is 16.7. The molecule has 0 fully saturated rings. The summed E-state index contributed by atoms with van der Waals surface area (Å²) in [7, 11) is 0. The summed E-state index contributed by atoms with van der Waals surface area (Å²) in [4.78, 5) is 36.3. The Balaban J connectivity index is 1.99. The predicted molar refractivity (Wildman–Crippen MR) is 105 cm³/mol. The monoisotopic (exact) mass is 392 g/mol. The van der Waals surface area contributed by atoms with Crippen LogP contribution in [0.2, 0.25) is 0 Å². The van der Waals surface area contributed by atoms with Crippen LogP contribution in [0.25, 0.3) is 5.69 Å². The number of nitrogens with one attached hydrogen (secondary N) is 2. The van der Waals surface area contributed by atoms with Crippen LogP contribution in [0.5, 0.6) is 5.75 Å². The first-order chi connectivity index (χ1) is 13.1. The van der Waals surface area contributed by atoms with Crippen molar-refractivity contribution < 1.29 is 14.6 Å². The second-order valence-corrected chi connectivity index (χ2v) is 7.50. The number of aryl methyl sites for hydroxylation is 1. The van der Waals surface area contributed by atoms with Gasteiger partial charge >= 0.3 is 17.5 Å². The Morgan fingerprint density at radius 3 is 2.61 bits per heavy atom. The number of aromatic amines is 1. The summed E-state index contributed by atoms with van der Waals surface area (Å²) >= 11 is 0. The standard InChI is InChI=1S/C19H28N4O5/c1-5-13-8-9-15(24)14(12-13)23-18(27)22(16(25)21-23)11-7-6-10-20-17(26)28-19(2,3)4/h8-9,12,24H,5-7,10-11H2,1-4H3,(H,20,26)(H,21,25). The quantitative estimate of drug-likeness (QED) is 0.622. The van der Waals surface area contributed by atoms with Gasteiger partial charge in [-0.15, -0.1) is 0 Å². The second kappa shape index (κ2) is 8.81. The SMILES string of the molecule is CCc1ccc(O)c(-n2[nH]c(=O)n(CCCCNC(=O)OC(C)(C)C)c2=O)c1. The molecule has 9 heteroatoms. The molecule has 0 aliphatic rings. The maximum absolute atomic E-state index is 12.6. The molecule has 2 aromatic rings. The number of unbranched alkanes of at least 4 members (excludes halogenated alkanes) is 1. The maximum atomic E-state index is 12.6. The maximum Gasteiger partial charge on any atom is 0.407 e. The molecule has 154 valence electrons. The first-order valence-electron chi connectivity index (χ1n) is 9.33. The van der Waals surface area contributed by atoms with Crippen LogP contribution in [0.15, 0.2) is 27.8 Å². The molecule has 28 heavy (non-hydrogen) atoms. The number of phenols is 1. The molecule has 0 atom stereocenters. The van der Waals surface area contributed by atoms with E-state index in [-0.39, 0.29) is 18.0 Å². The van der Waals surface area contributed by atoms with Crippen LogP contribution in [0.4, 0.5) is 4.79 Å². The highest BCUT2D eigenvalue weighted by Crippen LogP contribution is 2.21. The van der Waals surface area contributed by atoms with Gasteiger partial charge in [-0.25, -0.2) is 24.0 Å². The third-order valence-electron chi connectivity index (χ3n) is 4.04. The Morgan fingerprint density at radius 2 is 1.96 bits per heavy atom. The number of hydrogen-bond acceptors (Lipinski definition) is 5. The van der Waals surface area contributed by atoms with E-state index in [1.165, 1.54) is 6.07 Å². The number of hydrogen-bond donors (Lipinski definition) is 3. The number of rotatable bonds is 7. The van der Waals surface area contributed by atoms with Crippen LogP contribution >= 0.6 is 0 Å². The fourth-order valence-corrected chi connectivity index (χ4v) is 2.64. The molecular formula is C19H28N4O5. The van der Waals surface area contributed by atoms with Crippen molar-refractivity contribution in [1.29, 1.82) is 0 Å². The molecule has 1 amide bonds. The van der Waals surface area contributed by atoms with E-state index in [0.717, 1.165) is 21.2 Å². The summed E-state index contributed by atoms with van der Waals surface area (Å²) in [5, 5.41) is 15.1. The second-order valence-electron chi connectivity index (χ2n) is 7.50. The zero-order valence-electron chi connectivity index (χ0n) is 16.7. The predicted octanol–water partition coefficient (Wildman–Crippen LogP) is 1.90. The van der Waals surface area contributed by atoms with E-state index in [0.29, 0.717) is 19.4 Å². The van der Waals surface area contributed by atoms with Crippen molar-refractivity contribution in [2.24, 2.45) is 0 Å². The summed E-state index contributed by atoms with van der Waals surface area (Å²) in [6.45, 7) is 7.88. The van der Waals surface area contributed by atoms with Crippen molar-refractivity contribution in [3.05, 3.63) is 44.7 Å². The zero-order chi connectivity index (χ0) is 20.9. The molecule has 0 unspecified atom stereocenters. The minimum absolute atomic E-state index is 0.0886. The molecule has 1 heterocycles. The van der Waals surface area contributed by atoms with Gasteiger partial charge in [-0.1, -0.05) is 13.0 Å². The van der Waals surface area contributed by atoms with Crippen LogP contribution in [0.3, 0.4) is 0 Å². The number of ether oxygens (including phenoxy) is 1. The molecule has 0 aliphatic carbocycles. The van der Waals surface area contributed by atoms with E-state index in [4.69, 9.17) is 4.74 Å². The first kappa shape index (κ1) is 21.3. The lowest BCUT2D eigenvalue weighted by atomic mass is 10.1. The van der Waals surface area contributed by atoms with Crippen molar-refractivity contribution in [2.45, 2.75) is 59.1 Å². The highest BCUT2D eigenvalue weighted by molar-refractivity contribution is 5.67. The third-order valence-corrected chi connectivity index (χ3v) is 4.04. The number of carbonyl (C=O) groups is 1. The molecule has 0 saturated carbocycles. The van der Waals surface area contributed by atoms with Gasteiger partial charge in [0.05, 0.1) is 0 Å². The summed E-state index contributed by atoms with van der Waals surface area (Å²) in [6, 6.07) is 4.93. The minimum atomic E-state index is -0.561. The van der Waals surface area contributed by atoms with Crippen LogP contribution in [0.1, 0.15) is 46.1 Å². The van der Waals surface area contributed by atoms with Crippen LogP contribution in [0, 0.1) is 0 Å². The van der Waals surface area contributed by atoms with Crippen molar-refractivity contribution in [3.8, 4) is 11.4 Å². The number of benzene rings is 1. The van der Waals surface area contributed by atoms with E-state index in [1.807, 2.05) is 6.92 Å². The number of alkyl carbamates (subject to hydrolysis) is 1. The fourth-order valence-electron chi connectivity index (χ4n) is 2.64. The van der Waals surface area contributed by atoms with Crippen molar-refractivity contribution in [2.75, 3.05) is 6.54 Å². The van der Waals surface area contributed by atoms with Gasteiger partial charge in [-0.05, 0) is 57.7 Å². The number of aromatic nitrogens is 3. The topological polar surface area (TPSA) is 118 Å². The number of aromatic hydroxyl groups is 1. The average Bonchev–Trinajstić information content (AvgIpc) is 2.88. The van der Waals surface area contributed by atoms with Gasteiger partial charge in [0.15, 0.2) is 0 Å². The molecule has 3 N–H and O–H groups in total. The highest BCUT2D eigenvalue weighted by Gasteiger charge is 2.16. The molecule has 0 aliphatic heterocycles. The number of phenolic OH excluding ortho intramolecular Hbond substituents is 1. The number of H-pyrrole nitrogens is 1. The van der Waals surface area contributed by atoms with Crippen LogP contribution in [-0.2, 0) is 17.7 Å². The highest BCUT2D eigenvalue weighted by atomic mass is 16.6. The van der Waals surface area contributed by atoms with Gasteiger partial charge in [0.1, 0.15) is 17.0 Å². The minimum Gasteiger partial charge on any atom is -0.506 e. The van der Waals surface area contributed by atoms with E-state index in [9.17, 15) is 19.5 Å². The lowest BCUT2D eigenvalue weighted by Gasteiger charge is -2.19. The smallest absolute Gasteiger partial charge is 0.407 e. The molecule has 9 nitrogen and oxygen atoms in total. The Kier molecular flexibility index (Phi) is 6.71. The number of carbonyl (C=O) groups excluding carboxylic acids is 1. The first-order valence-corrected chi connectivity index (χ1v) is 9.33. The van der Waals surface area contributed by atoms with Gasteiger partial charge in [-0.3, -0.25) is 0 Å². The Labute approximate surface area is 162 Å². The van der Waals surface area contributed by atoms with E-state index < -0.39 is 23.1 Å². The van der Waals surface area contributed by atoms with E-state index >= 15 is 0 Å². The molecule has 0 radical (unpaired) electrons. The fraction of sp³-hybridized carbons (Fsp3) is 0.526. The molecule has 1 aromatic carbocycles. The number of amides is 1. The van der Waals surface area contributed by atoms with Crippen LogP contribution in [-0.4, -0.2) is 37.7 Å². The summed E-state index contributed by atoms with van der Waals surface area (Å²) in [5.74, 6) is -0.0886. The molecule has 0 saturated heterocycles. The third kappa shape index (κ3) is 5.51. The van der Waals surface area contributed by atoms with Gasteiger partial charge in [0.25, 0.3) is 0 Å². The van der Waals surface area contributed by atoms with Crippen molar-refractivity contribution in [3.63, 3.8) is 0 Å². The molecular weight excluding hydrogens is 364 g/mol. The Hall–Kier alpha value is -2.97. The average molecular weight is 392 g/mol. The van der Waals surface area contributed by atoms with E-state index in [2.05, 4.69) is 10.4 Å².